The van der Waals surface area contributed by atoms with Crippen LogP contribution in [0.25, 0.3) is 27.0 Å². The standard InChI is InChI=1S/C23H20N6O2S2/c1-3-31-18-12-8-7-11-17(18)29-23(26-27-28-29)33-14(2)20-24-21(30)19-16(13-32-22(19)25-20)15-9-5-4-6-10-15/h4-14H,3H2,1-2H3,(H,24,25,30). The van der Waals surface area contributed by atoms with Gasteiger partial charge in [-0.15, -0.1) is 16.4 Å². The van der Waals surface area contributed by atoms with Crippen LogP contribution >= 0.6 is 23.1 Å². The van der Waals surface area contributed by atoms with Gasteiger partial charge in [-0.25, -0.2) is 4.98 Å². The molecule has 8 nitrogen and oxygen atoms in total. The first-order valence-corrected chi connectivity index (χ1v) is 12.2. The summed E-state index contributed by atoms with van der Waals surface area (Å²) >= 11 is 2.88. The first kappa shape index (κ1) is 21.4. The van der Waals surface area contributed by atoms with E-state index in [1.165, 1.54) is 23.1 Å². The highest BCUT2D eigenvalue weighted by atomic mass is 32.2. The fraction of sp³-hybridized carbons (Fsp3) is 0.174. The first-order chi connectivity index (χ1) is 16.2. The molecule has 0 bridgehead atoms. The molecule has 3 heterocycles. The van der Waals surface area contributed by atoms with Crippen molar-refractivity contribution in [2.45, 2.75) is 24.3 Å². The van der Waals surface area contributed by atoms with Crippen LogP contribution in [0, 0.1) is 0 Å². The lowest BCUT2D eigenvalue weighted by atomic mass is 10.1. The summed E-state index contributed by atoms with van der Waals surface area (Å²) in [7, 11) is 0. The number of hydrogen-bond acceptors (Lipinski definition) is 8. The number of ether oxygens (including phenoxy) is 1. The second-order valence-corrected chi connectivity index (χ2v) is 9.35. The molecule has 0 saturated heterocycles. The van der Waals surface area contributed by atoms with Gasteiger partial charge in [0.15, 0.2) is 0 Å². The predicted molar refractivity (Wildman–Crippen MR) is 130 cm³/mol. The third-order valence-electron chi connectivity index (χ3n) is 5.05. The molecule has 10 heteroatoms. The molecule has 5 aromatic rings. The summed E-state index contributed by atoms with van der Waals surface area (Å²) in [6.45, 7) is 4.43. The summed E-state index contributed by atoms with van der Waals surface area (Å²) in [5.74, 6) is 1.27. The molecule has 0 aliphatic rings. The van der Waals surface area contributed by atoms with E-state index < -0.39 is 0 Å². The van der Waals surface area contributed by atoms with Crippen molar-refractivity contribution in [1.82, 2.24) is 30.2 Å². The number of aromatic amines is 1. The Morgan fingerprint density at radius 1 is 1.15 bits per heavy atom. The zero-order chi connectivity index (χ0) is 22.8. The Morgan fingerprint density at radius 2 is 1.94 bits per heavy atom. The van der Waals surface area contributed by atoms with Gasteiger partial charge in [-0.3, -0.25) is 4.79 Å². The van der Waals surface area contributed by atoms with Crippen molar-refractivity contribution >= 4 is 33.3 Å². The molecule has 1 unspecified atom stereocenters. The van der Waals surface area contributed by atoms with Gasteiger partial charge in [0, 0.05) is 10.9 Å². The average molecular weight is 477 g/mol. The van der Waals surface area contributed by atoms with E-state index in [9.17, 15) is 4.79 Å². The molecule has 0 radical (unpaired) electrons. The maximum absolute atomic E-state index is 13.0. The van der Waals surface area contributed by atoms with Crippen LogP contribution in [0.15, 0.2) is 69.9 Å². The normalized spacial score (nSPS) is 12.2. The molecule has 0 amide bonds. The van der Waals surface area contributed by atoms with Crippen LogP contribution in [0.4, 0.5) is 0 Å². The van der Waals surface area contributed by atoms with Gasteiger partial charge in [-0.1, -0.05) is 54.2 Å². The molecule has 0 saturated carbocycles. The second kappa shape index (κ2) is 9.16. The summed E-state index contributed by atoms with van der Waals surface area (Å²) in [4.78, 5) is 21.4. The minimum atomic E-state index is -0.187. The van der Waals surface area contributed by atoms with Crippen LogP contribution in [0.5, 0.6) is 5.75 Å². The third kappa shape index (κ3) is 4.14. The Kier molecular flexibility index (Phi) is 5.93. The minimum Gasteiger partial charge on any atom is -0.492 e. The third-order valence-corrected chi connectivity index (χ3v) is 6.96. The van der Waals surface area contributed by atoms with Gasteiger partial charge in [0.25, 0.3) is 5.56 Å². The van der Waals surface area contributed by atoms with Crippen LogP contribution in [-0.2, 0) is 0 Å². The van der Waals surface area contributed by atoms with E-state index in [2.05, 4.69) is 20.5 Å². The number of thioether (sulfide) groups is 1. The molecule has 2 aromatic carbocycles. The maximum atomic E-state index is 13.0. The van der Waals surface area contributed by atoms with Gasteiger partial charge in [-0.05, 0) is 42.0 Å². The molecule has 0 fully saturated rings. The number of para-hydroxylation sites is 2. The average Bonchev–Trinajstić information content (AvgIpc) is 3.47. The van der Waals surface area contributed by atoms with Gasteiger partial charge in [-0.2, -0.15) is 4.68 Å². The molecule has 0 aliphatic carbocycles. The highest BCUT2D eigenvalue weighted by Gasteiger charge is 2.20. The Bertz CT molecular complexity index is 1460. The molecule has 0 aliphatic heterocycles. The smallest absolute Gasteiger partial charge is 0.260 e. The van der Waals surface area contributed by atoms with Gasteiger partial charge in [0.05, 0.1) is 17.2 Å². The van der Waals surface area contributed by atoms with Gasteiger partial charge >= 0.3 is 0 Å². The number of thiophene rings is 1. The lowest BCUT2D eigenvalue weighted by Gasteiger charge is -2.13. The van der Waals surface area contributed by atoms with E-state index in [1.54, 1.807) is 4.68 Å². The fourth-order valence-electron chi connectivity index (χ4n) is 3.52. The number of rotatable bonds is 7. The fourth-order valence-corrected chi connectivity index (χ4v) is 5.33. The van der Waals surface area contributed by atoms with E-state index in [0.717, 1.165) is 16.8 Å². The van der Waals surface area contributed by atoms with Crippen LogP contribution in [0.2, 0.25) is 0 Å². The summed E-state index contributed by atoms with van der Waals surface area (Å²) in [6.07, 6.45) is 0. The predicted octanol–water partition coefficient (Wildman–Crippen LogP) is 4.88. The first-order valence-electron chi connectivity index (χ1n) is 10.4. The van der Waals surface area contributed by atoms with Gasteiger partial charge in [0.1, 0.15) is 22.1 Å². The van der Waals surface area contributed by atoms with Crippen LogP contribution < -0.4 is 10.3 Å². The lowest BCUT2D eigenvalue weighted by Crippen LogP contribution is -2.12. The molecule has 166 valence electrons. The molecule has 33 heavy (non-hydrogen) atoms. The van der Waals surface area contributed by atoms with Crippen LogP contribution in [0.1, 0.15) is 24.9 Å². The zero-order valence-corrected chi connectivity index (χ0v) is 19.6. The largest absolute Gasteiger partial charge is 0.492 e. The van der Waals surface area contributed by atoms with Crippen molar-refractivity contribution in [3.05, 3.63) is 76.2 Å². The number of benzene rings is 2. The molecular weight excluding hydrogens is 456 g/mol. The van der Waals surface area contributed by atoms with Crippen LogP contribution in [0.3, 0.4) is 0 Å². The highest BCUT2D eigenvalue weighted by Crippen LogP contribution is 2.36. The number of nitrogens with one attached hydrogen (secondary N) is 1. The summed E-state index contributed by atoms with van der Waals surface area (Å²) in [5, 5.41) is 15.2. The topological polar surface area (TPSA) is 98.6 Å². The SMILES string of the molecule is CCOc1ccccc1-n1nnnc1SC(C)c1nc2scc(-c3ccccc3)c2c(=O)[nH]1. The monoisotopic (exact) mass is 476 g/mol. The molecule has 1 N–H and O–H groups in total. The van der Waals surface area contributed by atoms with Gasteiger partial charge < -0.3 is 9.72 Å². The van der Waals surface area contributed by atoms with E-state index in [0.29, 0.717) is 33.6 Å². The number of H-pyrrole nitrogens is 1. The molecule has 0 spiro atoms. The van der Waals surface area contributed by atoms with E-state index in [4.69, 9.17) is 9.72 Å². The quantitative estimate of drug-likeness (QED) is 0.334. The Balaban J connectivity index is 1.47. The van der Waals surface area contributed by atoms with E-state index in [-0.39, 0.29) is 10.8 Å². The van der Waals surface area contributed by atoms with E-state index in [1.807, 2.05) is 73.8 Å². The van der Waals surface area contributed by atoms with Crippen molar-refractivity contribution in [1.29, 1.82) is 0 Å². The molecule has 1 atom stereocenters. The Hall–Kier alpha value is -3.50. The second-order valence-electron chi connectivity index (χ2n) is 7.18. The number of nitrogens with zero attached hydrogens (tertiary/aromatic N) is 5. The van der Waals surface area contributed by atoms with Crippen molar-refractivity contribution in [2.75, 3.05) is 6.61 Å². The van der Waals surface area contributed by atoms with Gasteiger partial charge in [0.2, 0.25) is 5.16 Å². The lowest BCUT2D eigenvalue weighted by molar-refractivity contribution is 0.337. The Morgan fingerprint density at radius 3 is 2.76 bits per heavy atom. The van der Waals surface area contributed by atoms with Crippen molar-refractivity contribution in [3.8, 4) is 22.6 Å². The molecular formula is C23H20N6O2S2. The van der Waals surface area contributed by atoms with Crippen molar-refractivity contribution in [3.63, 3.8) is 0 Å². The Labute approximate surface area is 197 Å². The maximum Gasteiger partial charge on any atom is 0.260 e. The highest BCUT2D eigenvalue weighted by molar-refractivity contribution is 7.99. The number of fused-ring (bicyclic) bond motifs is 1. The number of hydrogen-bond donors (Lipinski definition) is 1. The summed E-state index contributed by atoms with van der Waals surface area (Å²) in [6, 6.07) is 17.5. The minimum absolute atomic E-state index is 0.149. The number of aromatic nitrogens is 6. The molecule has 3 aromatic heterocycles. The summed E-state index contributed by atoms with van der Waals surface area (Å²) < 4.78 is 7.36. The number of tetrazole rings is 1. The summed E-state index contributed by atoms with van der Waals surface area (Å²) in [5.41, 5.74) is 2.50. The zero-order valence-electron chi connectivity index (χ0n) is 17.9. The van der Waals surface area contributed by atoms with Crippen molar-refractivity contribution in [2.24, 2.45) is 0 Å². The van der Waals surface area contributed by atoms with Crippen LogP contribution in [-0.4, -0.2) is 36.8 Å². The van der Waals surface area contributed by atoms with E-state index >= 15 is 0 Å². The molecule has 5 rings (SSSR count). The van der Waals surface area contributed by atoms with Crippen molar-refractivity contribution < 1.29 is 4.74 Å².